The molecule has 0 bridgehead atoms. The van der Waals surface area contributed by atoms with Crippen LogP contribution in [0.25, 0.3) is 10.9 Å². The molecule has 2 rings (SSSR count). The minimum absolute atomic E-state index is 0.355. The number of nitrogens with zero attached hydrogens (tertiary/aromatic N) is 3. The number of hydrogen-bond donors (Lipinski definition) is 0. The number of aromatic nitrogens is 3. The summed E-state index contributed by atoms with van der Waals surface area (Å²) in [6.45, 7) is 8.56. The van der Waals surface area contributed by atoms with E-state index in [4.69, 9.17) is 0 Å². The van der Waals surface area contributed by atoms with Gasteiger partial charge in [0.15, 0.2) is 0 Å². The molecule has 0 aliphatic heterocycles. The van der Waals surface area contributed by atoms with Crippen LogP contribution in [0.5, 0.6) is 0 Å². The average molecular weight is 215 g/mol. The third kappa shape index (κ3) is 1.90. The van der Waals surface area contributed by atoms with Crippen molar-refractivity contribution in [1.29, 1.82) is 0 Å². The molecule has 2 aromatic heterocycles. The van der Waals surface area contributed by atoms with Crippen molar-refractivity contribution in [2.24, 2.45) is 0 Å². The van der Waals surface area contributed by atoms with Crippen molar-refractivity contribution in [2.75, 3.05) is 0 Å². The lowest BCUT2D eigenvalue weighted by atomic mass is 10.0. The highest BCUT2D eigenvalue weighted by atomic mass is 15.1. The lowest BCUT2D eigenvalue weighted by molar-refractivity contribution is 0.793. The molecule has 0 aliphatic rings. The summed E-state index contributed by atoms with van der Waals surface area (Å²) in [5.74, 6) is 0.848. The summed E-state index contributed by atoms with van der Waals surface area (Å²) < 4.78 is 0. The van der Waals surface area contributed by atoms with Gasteiger partial charge in [0.1, 0.15) is 0 Å². The van der Waals surface area contributed by atoms with Crippen LogP contribution in [0.3, 0.4) is 0 Å². The van der Waals surface area contributed by atoms with Gasteiger partial charge in [-0.15, -0.1) is 0 Å². The Morgan fingerprint density at radius 2 is 1.75 bits per heavy atom. The molecule has 2 aromatic rings. The number of pyridine rings is 1. The van der Waals surface area contributed by atoms with Gasteiger partial charge in [0.25, 0.3) is 0 Å². The van der Waals surface area contributed by atoms with Crippen LogP contribution in [0.4, 0.5) is 0 Å². The second-order valence-electron chi connectivity index (χ2n) is 4.75. The third-order valence-corrected chi connectivity index (χ3v) is 2.76. The zero-order valence-corrected chi connectivity index (χ0v) is 10.2. The van der Waals surface area contributed by atoms with E-state index in [0.717, 1.165) is 16.6 Å². The lowest BCUT2D eigenvalue weighted by Crippen LogP contribution is -1.99. The zero-order chi connectivity index (χ0) is 11.7. The van der Waals surface area contributed by atoms with E-state index in [1.54, 1.807) is 6.20 Å². The smallest absolute Gasteiger partial charge is 0.0954 e. The molecule has 0 unspecified atom stereocenters. The Morgan fingerprint density at radius 1 is 1.00 bits per heavy atom. The van der Waals surface area contributed by atoms with Gasteiger partial charge in [-0.25, -0.2) is 0 Å². The fourth-order valence-corrected chi connectivity index (χ4v) is 1.72. The van der Waals surface area contributed by atoms with Gasteiger partial charge in [0, 0.05) is 11.6 Å². The summed E-state index contributed by atoms with van der Waals surface area (Å²) >= 11 is 0. The summed E-state index contributed by atoms with van der Waals surface area (Å²) in [5, 5.41) is 9.30. The molecule has 0 fully saturated rings. The highest BCUT2D eigenvalue weighted by Gasteiger charge is 2.10. The Bertz CT molecular complexity index is 504. The van der Waals surface area contributed by atoms with Gasteiger partial charge < -0.3 is 0 Å². The van der Waals surface area contributed by atoms with Crippen LogP contribution in [0, 0.1) is 0 Å². The lowest BCUT2D eigenvalue weighted by Gasteiger charge is -2.09. The molecule has 16 heavy (non-hydrogen) atoms. The minimum atomic E-state index is 0.355. The Labute approximate surface area is 95.9 Å². The molecule has 3 heteroatoms. The highest BCUT2D eigenvalue weighted by Crippen LogP contribution is 2.23. The van der Waals surface area contributed by atoms with Crippen LogP contribution in [0.15, 0.2) is 18.5 Å². The van der Waals surface area contributed by atoms with Crippen LogP contribution >= 0.6 is 0 Å². The quantitative estimate of drug-likeness (QED) is 0.771. The normalized spacial score (nSPS) is 11.6. The average Bonchev–Trinajstić information content (AvgIpc) is 2.27. The number of fused-ring (bicyclic) bond motifs is 1. The van der Waals surface area contributed by atoms with E-state index in [1.165, 1.54) is 5.56 Å². The molecule has 0 atom stereocenters. The van der Waals surface area contributed by atoms with Gasteiger partial charge in [-0.2, -0.15) is 10.2 Å². The molecular weight excluding hydrogens is 198 g/mol. The maximum atomic E-state index is 4.52. The predicted molar refractivity (Wildman–Crippen MR) is 65.5 cm³/mol. The van der Waals surface area contributed by atoms with Crippen molar-refractivity contribution in [3.8, 4) is 0 Å². The molecule has 0 saturated carbocycles. The van der Waals surface area contributed by atoms with Crippen LogP contribution in [0.2, 0.25) is 0 Å². The van der Waals surface area contributed by atoms with E-state index >= 15 is 0 Å². The SMILES string of the molecule is CC(C)c1cnc2c(C(C)C)nncc2c1. The Balaban J connectivity index is 2.64. The first-order valence-corrected chi connectivity index (χ1v) is 5.71. The molecule has 0 radical (unpaired) electrons. The van der Waals surface area contributed by atoms with Crippen molar-refractivity contribution >= 4 is 10.9 Å². The highest BCUT2D eigenvalue weighted by molar-refractivity contribution is 5.80. The largest absolute Gasteiger partial charge is 0.254 e. The second kappa shape index (κ2) is 4.16. The van der Waals surface area contributed by atoms with Crippen molar-refractivity contribution in [3.63, 3.8) is 0 Å². The number of rotatable bonds is 2. The molecule has 0 N–H and O–H groups in total. The Kier molecular flexibility index (Phi) is 2.86. The van der Waals surface area contributed by atoms with E-state index in [9.17, 15) is 0 Å². The van der Waals surface area contributed by atoms with E-state index < -0.39 is 0 Å². The molecule has 3 nitrogen and oxygen atoms in total. The van der Waals surface area contributed by atoms with Gasteiger partial charge in [-0.3, -0.25) is 4.98 Å². The van der Waals surface area contributed by atoms with Crippen LogP contribution in [0.1, 0.15) is 50.8 Å². The molecule has 0 amide bonds. The van der Waals surface area contributed by atoms with Crippen LogP contribution in [-0.4, -0.2) is 15.2 Å². The van der Waals surface area contributed by atoms with E-state index in [0.29, 0.717) is 11.8 Å². The van der Waals surface area contributed by atoms with Gasteiger partial charge in [-0.1, -0.05) is 27.7 Å². The first-order valence-electron chi connectivity index (χ1n) is 5.71. The van der Waals surface area contributed by atoms with Crippen LogP contribution in [-0.2, 0) is 0 Å². The van der Waals surface area contributed by atoms with E-state index in [2.05, 4.69) is 48.9 Å². The topological polar surface area (TPSA) is 38.7 Å². The van der Waals surface area contributed by atoms with Crippen molar-refractivity contribution < 1.29 is 0 Å². The Hall–Kier alpha value is -1.51. The summed E-state index contributed by atoms with van der Waals surface area (Å²) in [5.41, 5.74) is 3.21. The van der Waals surface area contributed by atoms with Crippen LogP contribution < -0.4 is 0 Å². The summed E-state index contributed by atoms with van der Waals surface area (Å²) in [4.78, 5) is 4.52. The maximum absolute atomic E-state index is 4.52. The molecule has 0 spiro atoms. The van der Waals surface area contributed by atoms with Crippen molar-refractivity contribution in [3.05, 3.63) is 29.7 Å². The summed E-state index contributed by atoms with van der Waals surface area (Å²) in [7, 11) is 0. The van der Waals surface area contributed by atoms with Gasteiger partial charge in [0.2, 0.25) is 0 Å². The molecule has 84 valence electrons. The van der Waals surface area contributed by atoms with Gasteiger partial charge in [-0.05, 0) is 23.5 Å². The van der Waals surface area contributed by atoms with Gasteiger partial charge >= 0.3 is 0 Å². The monoisotopic (exact) mass is 215 g/mol. The van der Waals surface area contributed by atoms with E-state index in [-0.39, 0.29) is 0 Å². The summed E-state index contributed by atoms with van der Waals surface area (Å²) in [6.07, 6.45) is 3.74. The van der Waals surface area contributed by atoms with Crippen molar-refractivity contribution in [1.82, 2.24) is 15.2 Å². The standard InChI is InChI=1S/C13H17N3/c1-8(2)10-5-11-7-15-16-12(9(3)4)13(11)14-6-10/h5-9H,1-4H3. The summed E-state index contributed by atoms with van der Waals surface area (Å²) in [6, 6.07) is 2.16. The molecule has 0 aromatic carbocycles. The Morgan fingerprint density at radius 3 is 2.38 bits per heavy atom. The molecular formula is C13H17N3. The molecule has 2 heterocycles. The fraction of sp³-hybridized carbons (Fsp3) is 0.462. The molecule has 0 aliphatic carbocycles. The number of hydrogen-bond acceptors (Lipinski definition) is 3. The first kappa shape index (κ1) is 11.0. The van der Waals surface area contributed by atoms with Gasteiger partial charge in [0.05, 0.1) is 17.4 Å². The first-order chi connectivity index (χ1) is 7.59. The fourth-order valence-electron chi connectivity index (χ4n) is 1.72. The van der Waals surface area contributed by atoms with E-state index in [1.807, 2.05) is 6.20 Å². The minimum Gasteiger partial charge on any atom is -0.254 e. The predicted octanol–water partition coefficient (Wildman–Crippen LogP) is 3.27. The maximum Gasteiger partial charge on any atom is 0.0954 e. The molecule has 0 saturated heterocycles. The van der Waals surface area contributed by atoms with Crippen molar-refractivity contribution in [2.45, 2.75) is 39.5 Å². The zero-order valence-electron chi connectivity index (χ0n) is 10.2. The third-order valence-electron chi connectivity index (χ3n) is 2.76. The second-order valence-corrected chi connectivity index (χ2v) is 4.75.